The summed E-state index contributed by atoms with van der Waals surface area (Å²) in [5.41, 5.74) is 4.29. The van der Waals surface area contributed by atoms with Crippen LogP contribution >= 0.6 is 11.6 Å². The van der Waals surface area contributed by atoms with Crippen LogP contribution < -0.4 is 0 Å². The van der Waals surface area contributed by atoms with Crippen LogP contribution in [0, 0.1) is 13.8 Å². The highest BCUT2D eigenvalue weighted by molar-refractivity contribution is 6.29. The maximum Gasteiger partial charge on any atom is 0.127 e. The number of aromatic nitrogens is 3. The van der Waals surface area contributed by atoms with E-state index in [-0.39, 0.29) is 0 Å². The summed E-state index contributed by atoms with van der Waals surface area (Å²) in [6.45, 7) is 4.06. The standard InChI is InChI=1S/C10H12ClN3/c1-6-4-8(7(2)12-6)9-5-10(11)14(3)13-9/h4-5,12H,1-3H3. The Morgan fingerprint density at radius 1 is 1.36 bits per heavy atom. The first-order valence-electron chi connectivity index (χ1n) is 4.44. The molecule has 3 nitrogen and oxygen atoms in total. The van der Waals surface area contributed by atoms with Crippen molar-refractivity contribution in [1.29, 1.82) is 0 Å². The smallest absolute Gasteiger partial charge is 0.127 e. The number of aromatic amines is 1. The van der Waals surface area contributed by atoms with Crippen molar-refractivity contribution in [3.8, 4) is 11.3 Å². The Bertz CT molecular complexity index is 448. The van der Waals surface area contributed by atoms with E-state index in [4.69, 9.17) is 11.6 Å². The van der Waals surface area contributed by atoms with E-state index >= 15 is 0 Å². The molecule has 14 heavy (non-hydrogen) atoms. The van der Waals surface area contributed by atoms with Gasteiger partial charge in [-0.05, 0) is 19.9 Å². The second kappa shape index (κ2) is 3.17. The molecule has 2 rings (SSSR count). The zero-order chi connectivity index (χ0) is 10.3. The quantitative estimate of drug-likeness (QED) is 0.770. The first-order valence-corrected chi connectivity index (χ1v) is 4.82. The van der Waals surface area contributed by atoms with Crippen molar-refractivity contribution in [2.75, 3.05) is 0 Å². The summed E-state index contributed by atoms with van der Waals surface area (Å²) in [6.07, 6.45) is 0. The van der Waals surface area contributed by atoms with Crippen molar-refractivity contribution in [1.82, 2.24) is 14.8 Å². The van der Waals surface area contributed by atoms with Gasteiger partial charge in [-0.1, -0.05) is 11.6 Å². The molecule has 2 heterocycles. The lowest BCUT2D eigenvalue weighted by molar-refractivity contribution is 0.771. The molecule has 0 saturated heterocycles. The molecule has 0 aromatic carbocycles. The zero-order valence-electron chi connectivity index (χ0n) is 8.43. The number of aryl methyl sites for hydroxylation is 3. The molecule has 0 amide bonds. The molecule has 0 aliphatic carbocycles. The summed E-state index contributed by atoms with van der Waals surface area (Å²) in [5.74, 6) is 0. The highest BCUT2D eigenvalue weighted by Crippen LogP contribution is 2.25. The van der Waals surface area contributed by atoms with Gasteiger partial charge in [0.15, 0.2) is 0 Å². The summed E-state index contributed by atoms with van der Waals surface area (Å²) >= 11 is 5.93. The molecule has 0 spiro atoms. The molecule has 0 atom stereocenters. The molecule has 2 aromatic heterocycles. The first-order chi connectivity index (χ1) is 6.58. The monoisotopic (exact) mass is 209 g/mol. The predicted octanol–water partition coefficient (Wildman–Crippen LogP) is 2.69. The van der Waals surface area contributed by atoms with Crippen LogP contribution in [0.1, 0.15) is 11.4 Å². The van der Waals surface area contributed by atoms with Crippen LogP contribution in [-0.4, -0.2) is 14.8 Å². The molecule has 4 heteroatoms. The fraction of sp³-hybridized carbons (Fsp3) is 0.300. The van der Waals surface area contributed by atoms with Gasteiger partial charge in [0.05, 0.1) is 5.69 Å². The Morgan fingerprint density at radius 2 is 2.07 bits per heavy atom. The minimum atomic E-state index is 0.651. The van der Waals surface area contributed by atoms with Crippen molar-refractivity contribution >= 4 is 11.6 Å². The molecule has 1 N–H and O–H groups in total. The maximum atomic E-state index is 5.93. The van der Waals surface area contributed by atoms with Crippen molar-refractivity contribution in [3.63, 3.8) is 0 Å². The molecule has 2 aromatic rings. The fourth-order valence-electron chi connectivity index (χ4n) is 1.57. The third-order valence-electron chi connectivity index (χ3n) is 2.25. The highest BCUT2D eigenvalue weighted by Gasteiger charge is 2.09. The van der Waals surface area contributed by atoms with Crippen LogP contribution in [0.15, 0.2) is 12.1 Å². The van der Waals surface area contributed by atoms with Crippen LogP contribution in [0.25, 0.3) is 11.3 Å². The third kappa shape index (κ3) is 1.44. The normalized spacial score (nSPS) is 10.9. The second-order valence-electron chi connectivity index (χ2n) is 3.47. The van der Waals surface area contributed by atoms with Gasteiger partial charge < -0.3 is 4.98 Å². The molecule has 0 saturated carbocycles. The average molecular weight is 210 g/mol. The van der Waals surface area contributed by atoms with Crippen LogP contribution in [-0.2, 0) is 7.05 Å². The molecular formula is C10H12ClN3. The molecule has 74 valence electrons. The lowest BCUT2D eigenvalue weighted by Gasteiger charge is -1.92. The van der Waals surface area contributed by atoms with Crippen molar-refractivity contribution in [2.24, 2.45) is 7.05 Å². The van der Waals surface area contributed by atoms with Crippen molar-refractivity contribution in [2.45, 2.75) is 13.8 Å². The molecule has 0 aliphatic heterocycles. The van der Waals surface area contributed by atoms with Crippen LogP contribution in [0.3, 0.4) is 0 Å². The van der Waals surface area contributed by atoms with Crippen LogP contribution in [0.4, 0.5) is 0 Å². The average Bonchev–Trinajstić information content (AvgIpc) is 2.57. The Labute approximate surface area is 87.7 Å². The second-order valence-corrected chi connectivity index (χ2v) is 3.85. The van der Waals surface area contributed by atoms with Gasteiger partial charge in [-0.2, -0.15) is 5.10 Å². The molecule has 0 radical (unpaired) electrons. The number of hydrogen-bond acceptors (Lipinski definition) is 1. The number of nitrogens with zero attached hydrogens (tertiary/aromatic N) is 2. The minimum Gasteiger partial charge on any atom is -0.362 e. The minimum absolute atomic E-state index is 0.651. The van der Waals surface area contributed by atoms with E-state index < -0.39 is 0 Å². The van der Waals surface area contributed by atoms with Gasteiger partial charge in [0, 0.05) is 30.1 Å². The number of rotatable bonds is 1. The molecule has 0 aliphatic rings. The molecule has 0 fully saturated rings. The molecule has 0 unspecified atom stereocenters. The molecule has 0 bridgehead atoms. The van der Waals surface area contributed by atoms with Gasteiger partial charge in [-0.3, -0.25) is 4.68 Å². The summed E-state index contributed by atoms with van der Waals surface area (Å²) < 4.78 is 1.67. The Morgan fingerprint density at radius 3 is 2.50 bits per heavy atom. The number of nitrogens with one attached hydrogen (secondary N) is 1. The maximum absolute atomic E-state index is 5.93. The van der Waals surface area contributed by atoms with Crippen molar-refractivity contribution in [3.05, 3.63) is 28.7 Å². The number of hydrogen-bond donors (Lipinski definition) is 1. The van der Waals surface area contributed by atoms with Gasteiger partial charge in [0.1, 0.15) is 5.15 Å². The lowest BCUT2D eigenvalue weighted by Crippen LogP contribution is -1.89. The fourth-order valence-corrected chi connectivity index (χ4v) is 1.71. The number of H-pyrrole nitrogens is 1. The van der Waals surface area contributed by atoms with E-state index in [0.717, 1.165) is 22.6 Å². The Hall–Kier alpha value is -1.22. The summed E-state index contributed by atoms with van der Waals surface area (Å²) in [4.78, 5) is 3.24. The van der Waals surface area contributed by atoms with Gasteiger partial charge in [0.25, 0.3) is 0 Å². The zero-order valence-corrected chi connectivity index (χ0v) is 9.18. The van der Waals surface area contributed by atoms with Gasteiger partial charge >= 0.3 is 0 Å². The van der Waals surface area contributed by atoms with Gasteiger partial charge in [-0.25, -0.2) is 0 Å². The van der Waals surface area contributed by atoms with Crippen LogP contribution in [0.5, 0.6) is 0 Å². The van der Waals surface area contributed by atoms with Gasteiger partial charge in [0.2, 0.25) is 0 Å². The summed E-state index contributed by atoms with van der Waals surface area (Å²) in [5, 5.41) is 4.97. The third-order valence-corrected chi connectivity index (χ3v) is 2.60. The first kappa shape index (κ1) is 9.34. The predicted molar refractivity (Wildman–Crippen MR) is 57.5 cm³/mol. The SMILES string of the molecule is Cc1cc(-c2cc(Cl)n(C)n2)c(C)[nH]1. The Kier molecular flexibility index (Phi) is 2.11. The molecular weight excluding hydrogens is 198 g/mol. The van der Waals surface area contributed by atoms with E-state index in [0.29, 0.717) is 5.15 Å². The van der Waals surface area contributed by atoms with E-state index in [2.05, 4.69) is 16.1 Å². The van der Waals surface area contributed by atoms with E-state index in [1.165, 1.54) is 0 Å². The van der Waals surface area contributed by atoms with Gasteiger partial charge in [-0.15, -0.1) is 0 Å². The topological polar surface area (TPSA) is 33.6 Å². The summed E-state index contributed by atoms with van der Waals surface area (Å²) in [6, 6.07) is 3.95. The van der Waals surface area contributed by atoms with E-state index in [1.54, 1.807) is 4.68 Å². The lowest BCUT2D eigenvalue weighted by atomic mass is 10.2. The van der Waals surface area contributed by atoms with Crippen LogP contribution in [0.2, 0.25) is 5.15 Å². The van der Waals surface area contributed by atoms with Crippen molar-refractivity contribution < 1.29 is 0 Å². The highest BCUT2D eigenvalue weighted by atomic mass is 35.5. The largest absolute Gasteiger partial charge is 0.362 e. The van der Waals surface area contributed by atoms with E-state index in [9.17, 15) is 0 Å². The Balaban J connectivity index is 2.54. The van der Waals surface area contributed by atoms with E-state index in [1.807, 2.05) is 27.0 Å². The summed E-state index contributed by atoms with van der Waals surface area (Å²) in [7, 11) is 1.83. The number of halogens is 1.